The average Bonchev–Trinajstić information content (AvgIpc) is 2.99. The van der Waals surface area contributed by atoms with E-state index >= 15 is 0 Å². The van der Waals surface area contributed by atoms with Crippen molar-refractivity contribution in [2.45, 2.75) is 24.3 Å². The number of anilines is 1. The van der Waals surface area contributed by atoms with E-state index in [9.17, 15) is 22.4 Å². The molecule has 0 spiro atoms. The van der Waals surface area contributed by atoms with Crippen molar-refractivity contribution < 1.29 is 27.1 Å². The quantitative estimate of drug-likeness (QED) is 0.759. The van der Waals surface area contributed by atoms with E-state index in [2.05, 4.69) is 4.72 Å². The Labute approximate surface area is 155 Å². The smallest absolute Gasteiger partial charge is 0.244 e. The Balaban J connectivity index is 1.93. The molecular formula is C18H17FN2O5S. The lowest BCUT2D eigenvalue weighted by Gasteiger charge is -2.17. The molecule has 0 saturated carbocycles. The summed E-state index contributed by atoms with van der Waals surface area (Å²) in [7, 11) is -2.79. The van der Waals surface area contributed by atoms with Crippen LogP contribution in [0.15, 0.2) is 47.4 Å². The molecule has 0 aliphatic carbocycles. The van der Waals surface area contributed by atoms with Crippen LogP contribution in [0.1, 0.15) is 18.4 Å². The van der Waals surface area contributed by atoms with Crippen LogP contribution >= 0.6 is 0 Å². The molecule has 0 bridgehead atoms. The van der Waals surface area contributed by atoms with Gasteiger partial charge in [-0.3, -0.25) is 14.5 Å². The summed E-state index contributed by atoms with van der Waals surface area (Å²) in [6.45, 7) is -0.260. The van der Waals surface area contributed by atoms with Crippen LogP contribution in [0.2, 0.25) is 0 Å². The van der Waals surface area contributed by atoms with E-state index in [-0.39, 0.29) is 41.3 Å². The van der Waals surface area contributed by atoms with Gasteiger partial charge in [-0.2, -0.15) is 0 Å². The number of nitrogens with one attached hydrogen (secondary N) is 1. The first kappa shape index (κ1) is 19.0. The number of amides is 2. The molecule has 1 aliphatic rings. The van der Waals surface area contributed by atoms with Crippen LogP contribution in [0.25, 0.3) is 0 Å². The van der Waals surface area contributed by atoms with Gasteiger partial charge in [-0.1, -0.05) is 18.2 Å². The molecule has 1 saturated heterocycles. The van der Waals surface area contributed by atoms with E-state index in [0.29, 0.717) is 0 Å². The van der Waals surface area contributed by atoms with Gasteiger partial charge in [0.2, 0.25) is 21.8 Å². The zero-order chi connectivity index (χ0) is 19.6. The Morgan fingerprint density at radius 1 is 1.11 bits per heavy atom. The van der Waals surface area contributed by atoms with Crippen molar-refractivity contribution in [1.29, 1.82) is 0 Å². The number of hydrogen-bond donors (Lipinski definition) is 1. The molecule has 0 aromatic heterocycles. The molecule has 142 valence electrons. The van der Waals surface area contributed by atoms with Gasteiger partial charge in [0.25, 0.3) is 0 Å². The van der Waals surface area contributed by atoms with Crippen molar-refractivity contribution in [3.05, 3.63) is 53.8 Å². The highest BCUT2D eigenvalue weighted by Crippen LogP contribution is 2.31. The van der Waals surface area contributed by atoms with E-state index in [1.165, 1.54) is 43.5 Å². The molecule has 0 atom stereocenters. The fourth-order valence-electron chi connectivity index (χ4n) is 2.77. The first-order valence-electron chi connectivity index (χ1n) is 8.10. The molecule has 27 heavy (non-hydrogen) atoms. The molecule has 2 aromatic carbocycles. The summed E-state index contributed by atoms with van der Waals surface area (Å²) < 4.78 is 46.6. The van der Waals surface area contributed by atoms with Crippen molar-refractivity contribution in [2.24, 2.45) is 0 Å². The van der Waals surface area contributed by atoms with Crippen LogP contribution in [-0.2, 0) is 26.2 Å². The summed E-state index contributed by atoms with van der Waals surface area (Å²) in [6.07, 6.45) is 0.164. The first-order chi connectivity index (χ1) is 12.8. The van der Waals surface area contributed by atoms with Crippen LogP contribution < -0.4 is 14.4 Å². The highest BCUT2D eigenvalue weighted by molar-refractivity contribution is 7.89. The second kappa shape index (κ2) is 7.45. The Kier molecular flexibility index (Phi) is 5.24. The van der Waals surface area contributed by atoms with E-state index < -0.39 is 27.7 Å². The minimum absolute atomic E-state index is 0.0406. The van der Waals surface area contributed by atoms with Crippen LogP contribution in [0.3, 0.4) is 0 Å². The van der Waals surface area contributed by atoms with Gasteiger partial charge in [-0.25, -0.2) is 17.5 Å². The third kappa shape index (κ3) is 3.83. The average molecular weight is 392 g/mol. The van der Waals surface area contributed by atoms with Gasteiger partial charge in [-0.15, -0.1) is 0 Å². The number of benzene rings is 2. The maximum absolute atomic E-state index is 13.7. The van der Waals surface area contributed by atoms with Gasteiger partial charge in [0.05, 0.1) is 12.8 Å². The monoisotopic (exact) mass is 392 g/mol. The van der Waals surface area contributed by atoms with E-state index in [1.54, 1.807) is 6.07 Å². The SMILES string of the molecule is COc1ccc(N2C(=O)CCC2=O)cc1S(=O)(=O)NCc1ccccc1F. The summed E-state index contributed by atoms with van der Waals surface area (Å²) in [5.74, 6) is -1.28. The number of carbonyl (C=O) groups is 2. The van der Waals surface area contributed by atoms with E-state index in [1.807, 2.05) is 0 Å². The second-order valence-electron chi connectivity index (χ2n) is 5.87. The fraction of sp³-hybridized carbons (Fsp3) is 0.222. The normalized spacial score (nSPS) is 14.7. The number of nitrogens with zero attached hydrogens (tertiary/aromatic N) is 1. The van der Waals surface area contributed by atoms with Gasteiger partial charge in [-0.05, 0) is 24.3 Å². The Morgan fingerprint density at radius 3 is 2.41 bits per heavy atom. The summed E-state index contributed by atoms with van der Waals surface area (Å²) in [5.41, 5.74) is 0.329. The largest absolute Gasteiger partial charge is 0.495 e. The zero-order valence-electron chi connectivity index (χ0n) is 14.4. The number of imide groups is 1. The number of rotatable bonds is 6. The third-order valence-electron chi connectivity index (χ3n) is 4.16. The highest BCUT2D eigenvalue weighted by Gasteiger charge is 2.32. The summed E-state index contributed by atoms with van der Waals surface area (Å²) in [6, 6.07) is 9.80. The van der Waals surface area contributed by atoms with Crippen molar-refractivity contribution in [2.75, 3.05) is 12.0 Å². The second-order valence-corrected chi connectivity index (χ2v) is 7.61. The number of sulfonamides is 1. The predicted molar refractivity (Wildman–Crippen MR) is 95.1 cm³/mol. The van der Waals surface area contributed by atoms with Gasteiger partial charge in [0.1, 0.15) is 16.5 Å². The maximum atomic E-state index is 13.7. The molecule has 2 aromatic rings. The van der Waals surface area contributed by atoms with Gasteiger partial charge in [0.15, 0.2) is 0 Å². The lowest BCUT2D eigenvalue weighted by molar-refractivity contribution is -0.121. The molecule has 9 heteroatoms. The maximum Gasteiger partial charge on any atom is 0.244 e. The van der Waals surface area contributed by atoms with E-state index in [0.717, 1.165) is 4.90 Å². The standard InChI is InChI=1S/C18H17FN2O5S/c1-26-15-7-6-13(21-17(22)8-9-18(21)23)10-16(15)27(24,25)20-11-12-4-2-3-5-14(12)19/h2-7,10,20H,8-9,11H2,1H3. The molecule has 1 aliphatic heterocycles. The third-order valence-corrected chi connectivity index (χ3v) is 5.58. The van der Waals surface area contributed by atoms with Gasteiger partial charge >= 0.3 is 0 Å². The fourth-order valence-corrected chi connectivity index (χ4v) is 3.96. The predicted octanol–water partition coefficient (Wildman–Crippen LogP) is 1.97. The number of hydrogen-bond acceptors (Lipinski definition) is 5. The molecule has 0 radical (unpaired) electrons. The van der Waals surface area contributed by atoms with Crippen LogP contribution in [0.5, 0.6) is 5.75 Å². The van der Waals surface area contributed by atoms with Gasteiger partial charge < -0.3 is 4.74 Å². The summed E-state index contributed by atoms with van der Waals surface area (Å²) in [4.78, 5) is 24.5. The Bertz CT molecular complexity index is 991. The highest BCUT2D eigenvalue weighted by atomic mass is 32.2. The lowest BCUT2D eigenvalue weighted by Crippen LogP contribution is -2.29. The minimum atomic E-state index is -4.10. The van der Waals surface area contributed by atoms with Crippen molar-refractivity contribution >= 4 is 27.5 Å². The molecule has 1 fully saturated rings. The van der Waals surface area contributed by atoms with Crippen molar-refractivity contribution in [1.82, 2.24) is 4.72 Å². The molecule has 0 unspecified atom stereocenters. The molecule has 3 rings (SSSR count). The number of ether oxygens (including phenoxy) is 1. The molecule has 1 heterocycles. The van der Waals surface area contributed by atoms with Crippen molar-refractivity contribution in [3.63, 3.8) is 0 Å². The lowest BCUT2D eigenvalue weighted by atomic mass is 10.2. The number of carbonyl (C=O) groups excluding carboxylic acids is 2. The molecule has 7 nitrogen and oxygen atoms in total. The zero-order valence-corrected chi connectivity index (χ0v) is 15.3. The topological polar surface area (TPSA) is 92.8 Å². The molecule has 1 N–H and O–H groups in total. The molecular weight excluding hydrogens is 375 g/mol. The van der Waals surface area contributed by atoms with Crippen LogP contribution in [-0.4, -0.2) is 27.3 Å². The van der Waals surface area contributed by atoms with Gasteiger partial charge in [0, 0.05) is 24.9 Å². The van der Waals surface area contributed by atoms with Crippen molar-refractivity contribution in [3.8, 4) is 5.75 Å². The summed E-state index contributed by atoms with van der Waals surface area (Å²) >= 11 is 0. The molecule has 2 amide bonds. The van der Waals surface area contributed by atoms with Crippen LogP contribution in [0.4, 0.5) is 10.1 Å². The van der Waals surface area contributed by atoms with Crippen LogP contribution in [0, 0.1) is 5.82 Å². The van der Waals surface area contributed by atoms with E-state index in [4.69, 9.17) is 4.74 Å². The Hall–Kier alpha value is -2.78. The minimum Gasteiger partial charge on any atom is -0.495 e. The number of halogens is 1. The Morgan fingerprint density at radius 2 is 1.78 bits per heavy atom. The summed E-state index contributed by atoms with van der Waals surface area (Å²) in [5, 5.41) is 0. The first-order valence-corrected chi connectivity index (χ1v) is 9.58. The number of methoxy groups -OCH3 is 1.